The molecule has 0 aliphatic heterocycles. The van der Waals surface area contributed by atoms with Gasteiger partial charge in [0.1, 0.15) is 0 Å². The van der Waals surface area contributed by atoms with Gasteiger partial charge in [-0.1, -0.05) is 35.9 Å². The molecule has 0 amide bonds. The van der Waals surface area contributed by atoms with Crippen molar-refractivity contribution in [3.05, 3.63) is 53.4 Å². The van der Waals surface area contributed by atoms with Gasteiger partial charge in [0.25, 0.3) is 10.0 Å². The van der Waals surface area contributed by atoms with Gasteiger partial charge < -0.3 is 0 Å². The summed E-state index contributed by atoms with van der Waals surface area (Å²) < 4.78 is 41.5. The predicted molar refractivity (Wildman–Crippen MR) is 82.9 cm³/mol. The van der Waals surface area contributed by atoms with Crippen LogP contribution in [0, 0.1) is 5.95 Å². The Hall–Kier alpha value is -2.12. The first-order valence-electron chi connectivity index (χ1n) is 6.28. The molecule has 0 saturated heterocycles. The fraction of sp³-hybridized carbons (Fsp3) is 0.0714. The molecule has 0 saturated carbocycles. The van der Waals surface area contributed by atoms with Crippen LogP contribution in [-0.4, -0.2) is 18.2 Å². The SMILES string of the molecule is Cn1nc(NS(=O)(=O)c2ccc(Cl)c3ccccc23)cc1F. The number of hydrogen-bond donors (Lipinski definition) is 1. The van der Waals surface area contributed by atoms with E-state index in [9.17, 15) is 12.8 Å². The zero-order valence-corrected chi connectivity index (χ0v) is 13.0. The van der Waals surface area contributed by atoms with Crippen molar-refractivity contribution in [2.75, 3.05) is 4.72 Å². The van der Waals surface area contributed by atoms with Gasteiger partial charge in [0.2, 0.25) is 5.95 Å². The summed E-state index contributed by atoms with van der Waals surface area (Å²) in [5, 5.41) is 5.31. The first-order valence-corrected chi connectivity index (χ1v) is 8.14. The Kier molecular flexibility index (Phi) is 3.54. The number of benzene rings is 2. The smallest absolute Gasteiger partial charge is 0.262 e. The van der Waals surface area contributed by atoms with Crippen molar-refractivity contribution in [1.29, 1.82) is 0 Å². The number of aromatic nitrogens is 2. The Labute approximate surface area is 131 Å². The van der Waals surface area contributed by atoms with Gasteiger partial charge in [-0.3, -0.25) is 4.72 Å². The maximum atomic E-state index is 13.3. The topological polar surface area (TPSA) is 64.0 Å². The van der Waals surface area contributed by atoms with Crippen molar-refractivity contribution in [3.63, 3.8) is 0 Å². The van der Waals surface area contributed by atoms with Gasteiger partial charge >= 0.3 is 0 Å². The molecule has 22 heavy (non-hydrogen) atoms. The Bertz CT molecular complexity index is 950. The van der Waals surface area contributed by atoms with Crippen LogP contribution in [-0.2, 0) is 17.1 Å². The van der Waals surface area contributed by atoms with Crippen molar-refractivity contribution >= 4 is 38.2 Å². The molecule has 0 spiro atoms. The second-order valence-corrected chi connectivity index (χ2v) is 6.73. The van der Waals surface area contributed by atoms with E-state index in [2.05, 4.69) is 9.82 Å². The highest BCUT2D eigenvalue weighted by Gasteiger charge is 2.20. The second kappa shape index (κ2) is 5.26. The van der Waals surface area contributed by atoms with Gasteiger partial charge in [-0.25, -0.2) is 13.1 Å². The average Bonchev–Trinajstić information content (AvgIpc) is 2.76. The molecule has 0 atom stereocenters. The van der Waals surface area contributed by atoms with E-state index in [0.717, 1.165) is 10.7 Å². The van der Waals surface area contributed by atoms with E-state index in [0.29, 0.717) is 15.8 Å². The number of sulfonamides is 1. The van der Waals surface area contributed by atoms with Crippen LogP contribution in [0.25, 0.3) is 10.8 Å². The van der Waals surface area contributed by atoms with E-state index in [1.807, 2.05) is 0 Å². The summed E-state index contributed by atoms with van der Waals surface area (Å²) in [5.74, 6) is -0.724. The Morgan fingerprint density at radius 1 is 1.18 bits per heavy atom. The second-order valence-electron chi connectivity index (χ2n) is 4.67. The molecule has 1 N–H and O–H groups in total. The Morgan fingerprint density at radius 3 is 2.50 bits per heavy atom. The van der Waals surface area contributed by atoms with E-state index < -0.39 is 16.0 Å². The molecule has 0 bridgehead atoms. The monoisotopic (exact) mass is 339 g/mol. The number of anilines is 1. The molecule has 1 aromatic heterocycles. The molecule has 0 aliphatic rings. The molecule has 1 heterocycles. The van der Waals surface area contributed by atoms with Gasteiger partial charge in [0, 0.05) is 28.9 Å². The lowest BCUT2D eigenvalue weighted by Crippen LogP contribution is -2.14. The lowest BCUT2D eigenvalue weighted by molar-refractivity contribution is 0.504. The summed E-state index contributed by atoms with van der Waals surface area (Å²) in [7, 11) is -2.53. The highest BCUT2D eigenvalue weighted by molar-refractivity contribution is 7.93. The lowest BCUT2D eigenvalue weighted by Gasteiger charge is -2.09. The van der Waals surface area contributed by atoms with Crippen LogP contribution >= 0.6 is 11.6 Å². The van der Waals surface area contributed by atoms with E-state index >= 15 is 0 Å². The van der Waals surface area contributed by atoms with Gasteiger partial charge in [-0.2, -0.15) is 9.49 Å². The van der Waals surface area contributed by atoms with Crippen molar-refractivity contribution in [1.82, 2.24) is 9.78 Å². The third kappa shape index (κ3) is 2.53. The van der Waals surface area contributed by atoms with Gasteiger partial charge in [-0.05, 0) is 12.1 Å². The van der Waals surface area contributed by atoms with Crippen LogP contribution in [0.15, 0.2) is 47.4 Å². The minimum absolute atomic E-state index is 0.0542. The molecule has 0 fully saturated rings. The minimum atomic E-state index is -3.91. The largest absolute Gasteiger partial charge is 0.263 e. The molecule has 0 radical (unpaired) electrons. The van der Waals surface area contributed by atoms with E-state index in [1.54, 1.807) is 24.3 Å². The molecule has 0 aliphatic carbocycles. The highest BCUT2D eigenvalue weighted by Crippen LogP contribution is 2.30. The van der Waals surface area contributed by atoms with Crippen molar-refractivity contribution in [2.45, 2.75) is 4.90 Å². The van der Waals surface area contributed by atoms with Crippen LogP contribution < -0.4 is 4.72 Å². The molecule has 8 heteroatoms. The van der Waals surface area contributed by atoms with Gasteiger partial charge in [0.15, 0.2) is 5.82 Å². The first-order chi connectivity index (χ1) is 10.4. The maximum Gasteiger partial charge on any atom is 0.263 e. The van der Waals surface area contributed by atoms with Crippen molar-refractivity contribution < 1.29 is 12.8 Å². The van der Waals surface area contributed by atoms with Crippen molar-refractivity contribution in [3.8, 4) is 0 Å². The molecular weight excluding hydrogens is 329 g/mol. The molecule has 2 aromatic carbocycles. The predicted octanol–water partition coefficient (Wildman–Crippen LogP) is 3.17. The molecule has 114 valence electrons. The minimum Gasteiger partial charge on any atom is -0.262 e. The number of hydrogen-bond acceptors (Lipinski definition) is 3. The first kappa shape index (κ1) is 14.8. The number of fused-ring (bicyclic) bond motifs is 1. The normalized spacial score (nSPS) is 11.8. The summed E-state index contributed by atoms with van der Waals surface area (Å²) in [4.78, 5) is 0.0542. The summed E-state index contributed by atoms with van der Waals surface area (Å²) in [6.45, 7) is 0. The standard InChI is InChI=1S/C14H11ClFN3O2S/c1-19-13(16)8-14(17-19)18-22(20,21)12-7-6-11(15)9-4-2-3-5-10(9)12/h2-8H,1H3,(H,17,18). The number of halogens is 2. The van der Waals surface area contributed by atoms with E-state index in [1.165, 1.54) is 19.2 Å². The quantitative estimate of drug-likeness (QED) is 0.797. The number of nitrogens with one attached hydrogen (secondary N) is 1. The number of nitrogens with zero attached hydrogens (tertiary/aromatic N) is 2. The van der Waals surface area contributed by atoms with E-state index in [-0.39, 0.29) is 10.7 Å². The Morgan fingerprint density at radius 2 is 1.86 bits per heavy atom. The number of rotatable bonds is 3. The lowest BCUT2D eigenvalue weighted by atomic mass is 10.1. The number of aryl methyl sites for hydroxylation is 1. The molecule has 5 nitrogen and oxygen atoms in total. The van der Waals surface area contributed by atoms with Crippen LogP contribution in [0.2, 0.25) is 5.02 Å². The third-order valence-electron chi connectivity index (χ3n) is 3.18. The molecule has 0 unspecified atom stereocenters. The van der Waals surface area contributed by atoms with E-state index in [4.69, 9.17) is 11.6 Å². The summed E-state index contributed by atoms with van der Waals surface area (Å²) in [6.07, 6.45) is 0. The molecular formula is C14H11ClFN3O2S. The molecule has 3 rings (SSSR count). The zero-order valence-electron chi connectivity index (χ0n) is 11.4. The Balaban J connectivity index is 2.11. The van der Waals surface area contributed by atoms with Gasteiger partial charge in [0.05, 0.1) is 4.90 Å². The summed E-state index contributed by atoms with van der Waals surface area (Å²) >= 11 is 6.08. The fourth-order valence-electron chi connectivity index (χ4n) is 2.16. The highest BCUT2D eigenvalue weighted by atomic mass is 35.5. The van der Waals surface area contributed by atoms with Crippen LogP contribution in [0.4, 0.5) is 10.2 Å². The van der Waals surface area contributed by atoms with Gasteiger partial charge in [-0.15, -0.1) is 0 Å². The summed E-state index contributed by atoms with van der Waals surface area (Å²) in [5.41, 5.74) is 0. The maximum absolute atomic E-state index is 13.3. The van der Waals surface area contributed by atoms with Crippen LogP contribution in [0.3, 0.4) is 0 Å². The third-order valence-corrected chi connectivity index (χ3v) is 4.92. The summed E-state index contributed by atoms with van der Waals surface area (Å²) in [6, 6.07) is 10.8. The van der Waals surface area contributed by atoms with Crippen LogP contribution in [0.1, 0.15) is 0 Å². The average molecular weight is 340 g/mol. The fourth-order valence-corrected chi connectivity index (χ4v) is 3.58. The zero-order chi connectivity index (χ0) is 15.9. The molecule has 3 aromatic rings. The van der Waals surface area contributed by atoms with Crippen molar-refractivity contribution in [2.24, 2.45) is 7.05 Å². The van der Waals surface area contributed by atoms with Crippen LogP contribution in [0.5, 0.6) is 0 Å².